The van der Waals surface area contributed by atoms with Crippen LogP contribution in [0.4, 0.5) is 0 Å². The Morgan fingerprint density at radius 2 is 1.45 bits per heavy atom. The van der Waals surface area contributed by atoms with E-state index >= 15 is 0 Å². The first-order valence-corrected chi connectivity index (χ1v) is 6.61. The number of phenols is 1. The van der Waals surface area contributed by atoms with Crippen LogP contribution in [0.25, 0.3) is 21.9 Å². The Hall–Kier alpha value is -2.32. The monoisotopic (exact) mass is 264 g/mol. The van der Waals surface area contributed by atoms with Crippen molar-refractivity contribution in [1.29, 1.82) is 0 Å². The van der Waals surface area contributed by atoms with Crippen molar-refractivity contribution >= 4 is 10.8 Å². The molecule has 0 aliphatic heterocycles. The molecule has 0 aliphatic rings. The molecule has 0 aromatic heterocycles. The third-order valence-electron chi connectivity index (χ3n) is 3.62. The summed E-state index contributed by atoms with van der Waals surface area (Å²) in [7, 11) is 0. The van der Waals surface area contributed by atoms with Crippen molar-refractivity contribution in [3.05, 3.63) is 65.7 Å². The first kappa shape index (κ1) is 12.7. The Bertz CT molecular complexity index is 775. The summed E-state index contributed by atoms with van der Waals surface area (Å²) >= 11 is 0. The van der Waals surface area contributed by atoms with Gasteiger partial charge in [0.15, 0.2) is 0 Å². The van der Waals surface area contributed by atoms with Gasteiger partial charge in [0, 0.05) is 0 Å². The molecule has 0 heterocycles. The lowest BCUT2D eigenvalue weighted by atomic mass is 9.99. The number of aliphatic hydroxyl groups is 1. The van der Waals surface area contributed by atoms with Crippen molar-refractivity contribution in [3.8, 4) is 16.9 Å². The Labute approximate surface area is 117 Å². The minimum absolute atomic E-state index is 0.0643. The molecule has 0 atom stereocenters. The lowest BCUT2D eigenvalue weighted by molar-refractivity contribution is 0.282. The Kier molecular flexibility index (Phi) is 3.17. The predicted octanol–water partition coefficient (Wildman–Crippen LogP) is 4.01. The van der Waals surface area contributed by atoms with Gasteiger partial charge < -0.3 is 10.2 Å². The van der Waals surface area contributed by atoms with Crippen LogP contribution in [0.15, 0.2) is 54.6 Å². The van der Waals surface area contributed by atoms with Gasteiger partial charge in [-0.25, -0.2) is 0 Å². The molecule has 3 rings (SSSR count). The van der Waals surface area contributed by atoms with Gasteiger partial charge in [-0.1, -0.05) is 30.3 Å². The highest BCUT2D eigenvalue weighted by molar-refractivity contribution is 5.88. The number of hydrogen-bond donors (Lipinski definition) is 2. The van der Waals surface area contributed by atoms with E-state index in [0.717, 1.165) is 33.0 Å². The lowest BCUT2D eigenvalue weighted by Gasteiger charge is -2.07. The summed E-state index contributed by atoms with van der Waals surface area (Å²) < 4.78 is 0. The van der Waals surface area contributed by atoms with E-state index in [1.807, 2.05) is 37.3 Å². The molecule has 0 radical (unpaired) electrons. The first-order chi connectivity index (χ1) is 9.67. The van der Waals surface area contributed by atoms with Crippen molar-refractivity contribution in [1.82, 2.24) is 0 Å². The van der Waals surface area contributed by atoms with Crippen LogP contribution >= 0.6 is 0 Å². The van der Waals surface area contributed by atoms with Gasteiger partial charge >= 0.3 is 0 Å². The van der Waals surface area contributed by atoms with Gasteiger partial charge in [-0.05, 0) is 64.2 Å². The molecule has 20 heavy (non-hydrogen) atoms. The first-order valence-electron chi connectivity index (χ1n) is 6.61. The van der Waals surface area contributed by atoms with Gasteiger partial charge in [-0.15, -0.1) is 0 Å². The third-order valence-corrected chi connectivity index (χ3v) is 3.62. The number of aryl methyl sites for hydroxylation is 1. The molecule has 0 saturated carbocycles. The van der Waals surface area contributed by atoms with Crippen molar-refractivity contribution in [2.24, 2.45) is 0 Å². The summed E-state index contributed by atoms with van der Waals surface area (Å²) in [6.07, 6.45) is 0. The average Bonchev–Trinajstić information content (AvgIpc) is 2.49. The van der Waals surface area contributed by atoms with E-state index in [-0.39, 0.29) is 6.61 Å². The molecule has 2 heteroatoms. The second-order valence-electron chi connectivity index (χ2n) is 5.06. The van der Waals surface area contributed by atoms with E-state index < -0.39 is 0 Å². The molecule has 0 amide bonds. The molecule has 0 unspecified atom stereocenters. The Balaban J connectivity index is 2.10. The highest BCUT2D eigenvalue weighted by Crippen LogP contribution is 2.28. The number of phenolic OH excluding ortho intramolecular Hbond substituents is 1. The molecule has 0 saturated heterocycles. The SMILES string of the molecule is Cc1cc(-c2ccc3cc(CO)ccc3c2)ccc1O. The minimum Gasteiger partial charge on any atom is -0.508 e. The highest BCUT2D eigenvalue weighted by Gasteiger charge is 2.03. The number of hydrogen-bond acceptors (Lipinski definition) is 2. The summed E-state index contributed by atoms with van der Waals surface area (Å²) in [6, 6.07) is 17.9. The van der Waals surface area contributed by atoms with Crippen LogP contribution in [0.5, 0.6) is 5.75 Å². The summed E-state index contributed by atoms with van der Waals surface area (Å²) in [5.74, 6) is 0.321. The molecule has 2 nitrogen and oxygen atoms in total. The van der Waals surface area contributed by atoms with Gasteiger partial charge in [0.1, 0.15) is 5.75 Å². The van der Waals surface area contributed by atoms with Gasteiger partial charge in [0.05, 0.1) is 6.61 Å². The van der Waals surface area contributed by atoms with Gasteiger partial charge in [0.25, 0.3) is 0 Å². The van der Waals surface area contributed by atoms with Crippen LogP contribution in [0.2, 0.25) is 0 Å². The second-order valence-corrected chi connectivity index (χ2v) is 5.06. The van der Waals surface area contributed by atoms with Crippen molar-refractivity contribution in [2.45, 2.75) is 13.5 Å². The van der Waals surface area contributed by atoms with Gasteiger partial charge in [-0.2, -0.15) is 0 Å². The quantitative estimate of drug-likeness (QED) is 0.734. The van der Waals surface area contributed by atoms with Crippen molar-refractivity contribution in [2.75, 3.05) is 0 Å². The number of aromatic hydroxyl groups is 1. The average molecular weight is 264 g/mol. The highest BCUT2D eigenvalue weighted by atomic mass is 16.3. The fourth-order valence-electron chi connectivity index (χ4n) is 2.41. The fraction of sp³-hybridized carbons (Fsp3) is 0.111. The third kappa shape index (κ3) is 2.26. The van der Waals surface area contributed by atoms with Crippen molar-refractivity contribution < 1.29 is 10.2 Å². The molecule has 3 aromatic rings. The van der Waals surface area contributed by atoms with Gasteiger partial charge in [0.2, 0.25) is 0 Å². The van der Waals surface area contributed by atoms with E-state index in [9.17, 15) is 5.11 Å². The minimum atomic E-state index is 0.0643. The number of fused-ring (bicyclic) bond motifs is 1. The van der Waals surface area contributed by atoms with Crippen LogP contribution < -0.4 is 0 Å². The Morgan fingerprint density at radius 3 is 2.20 bits per heavy atom. The molecule has 0 fully saturated rings. The van der Waals surface area contributed by atoms with E-state index in [0.29, 0.717) is 5.75 Å². The molecule has 0 spiro atoms. The molecule has 0 bridgehead atoms. The zero-order chi connectivity index (χ0) is 14.1. The molecule has 0 aliphatic carbocycles. The summed E-state index contributed by atoms with van der Waals surface area (Å²) in [4.78, 5) is 0. The number of rotatable bonds is 2. The standard InChI is InChI=1S/C18H16O2/c1-12-8-14(6-7-18(12)20)17-5-4-15-9-13(11-19)2-3-16(15)10-17/h2-10,19-20H,11H2,1H3. The number of aliphatic hydroxyl groups excluding tert-OH is 1. The maximum Gasteiger partial charge on any atom is 0.118 e. The van der Waals surface area contributed by atoms with E-state index in [1.54, 1.807) is 6.07 Å². The molecule has 100 valence electrons. The smallest absolute Gasteiger partial charge is 0.118 e. The predicted molar refractivity (Wildman–Crippen MR) is 81.7 cm³/mol. The maximum absolute atomic E-state index is 9.60. The van der Waals surface area contributed by atoms with E-state index in [4.69, 9.17) is 5.11 Å². The maximum atomic E-state index is 9.60. The van der Waals surface area contributed by atoms with Crippen LogP contribution in [-0.2, 0) is 6.61 Å². The summed E-state index contributed by atoms with van der Waals surface area (Å²) in [6.45, 7) is 1.96. The second kappa shape index (κ2) is 4.99. The Morgan fingerprint density at radius 1 is 0.800 bits per heavy atom. The number of benzene rings is 3. The van der Waals surface area contributed by atoms with Gasteiger partial charge in [-0.3, -0.25) is 0 Å². The van der Waals surface area contributed by atoms with Crippen molar-refractivity contribution in [3.63, 3.8) is 0 Å². The zero-order valence-electron chi connectivity index (χ0n) is 11.3. The fourth-order valence-corrected chi connectivity index (χ4v) is 2.41. The van der Waals surface area contributed by atoms with E-state index in [1.165, 1.54) is 0 Å². The lowest BCUT2D eigenvalue weighted by Crippen LogP contribution is -1.84. The molecule has 2 N–H and O–H groups in total. The molecule has 3 aromatic carbocycles. The summed E-state index contributed by atoms with van der Waals surface area (Å²) in [5, 5.41) is 21.0. The normalized spacial score (nSPS) is 10.9. The molecular weight excluding hydrogens is 248 g/mol. The largest absolute Gasteiger partial charge is 0.508 e. The van der Waals surface area contributed by atoms with Crippen LogP contribution in [0.1, 0.15) is 11.1 Å². The molecular formula is C18H16O2. The topological polar surface area (TPSA) is 40.5 Å². The summed E-state index contributed by atoms with van der Waals surface area (Å²) in [5.41, 5.74) is 4.01. The van der Waals surface area contributed by atoms with Crippen LogP contribution in [0, 0.1) is 6.92 Å². The van der Waals surface area contributed by atoms with Crippen LogP contribution in [-0.4, -0.2) is 10.2 Å². The van der Waals surface area contributed by atoms with Crippen LogP contribution in [0.3, 0.4) is 0 Å². The van der Waals surface area contributed by atoms with E-state index in [2.05, 4.69) is 18.2 Å². The zero-order valence-corrected chi connectivity index (χ0v) is 11.3.